The topological polar surface area (TPSA) is 114 Å². The van der Waals surface area contributed by atoms with Gasteiger partial charge in [0.25, 0.3) is 7.82 Å². The summed E-state index contributed by atoms with van der Waals surface area (Å²) in [7, 11) is 1.24. The molecule has 2 unspecified atom stereocenters. The number of allylic oxidation sites excluding steroid dienone is 11. The third-order valence-electron chi connectivity index (χ3n) is 8.57. The molecule has 0 spiro atoms. The molecule has 3 atom stereocenters. The first-order chi connectivity index (χ1) is 27.0. The van der Waals surface area contributed by atoms with Crippen LogP contribution in [0.15, 0.2) is 85.3 Å². The van der Waals surface area contributed by atoms with Gasteiger partial charge in [-0.3, -0.25) is 9.36 Å². The molecule has 10 heteroatoms. The van der Waals surface area contributed by atoms with Crippen LogP contribution in [0.25, 0.3) is 0 Å². The Hall–Kier alpha value is -2.52. The van der Waals surface area contributed by atoms with Gasteiger partial charge in [-0.15, -0.1) is 0 Å². The van der Waals surface area contributed by atoms with Gasteiger partial charge in [0.1, 0.15) is 19.8 Å². The molecule has 0 saturated carbocycles. The zero-order valence-corrected chi connectivity index (χ0v) is 36.8. The number of hydrogen-bond donors (Lipinski definition) is 1. The van der Waals surface area contributed by atoms with E-state index in [0.29, 0.717) is 23.9 Å². The van der Waals surface area contributed by atoms with Gasteiger partial charge in [-0.2, -0.15) is 0 Å². The van der Waals surface area contributed by atoms with Crippen molar-refractivity contribution in [3.63, 3.8) is 0 Å². The smallest absolute Gasteiger partial charge is 0.306 e. The Morgan fingerprint density at radius 1 is 0.696 bits per heavy atom. The van der Waals surface area contributed by atoms with Gasteiger partial charge in [0, 0.05) is 6.42 Å². The summed E-state index contributed by atoms with van der Waals surface area (Å²) in [5.74, 6) is -0.433. The summed E-state index contributed by atoms with van der Waals surface area (Å²) in [6.45, 7) is 4.37. The molecule has 0 aliphatic rings. The van der Waals surface area contributed by atoms with Crippen molar-refractivity contribution in [3.05, 3.63) is 85.3 Å². The monoisotopic (exact) mass is 806 g/mol. The number of carbonyl (C=O) groups is 1. The van der Waals surface area contributed by atoms with E-state index in [4.69, 9.17) is 18.5 Å². The zero-order chi connectivity index (χ0) is 41.4. The van der Waals surface area contributed by atoms with Crippen molar-refractivity contribution >= 4 is 13.8 Å². The van der Waals surface area contributed by atoms with E-state index < -0.39 is 26.0 Å². The minimum Gasteiger partial charge on any atom is -0.756 e. The number of esters is 1. The van der Waals surface area contributed by atoms with Gasteiger partial charge >= 0.3 is 5.97 Å². The second-order valence-corrected chi connectivity index (χ2v) is 16.6. The van der Waals surface area contributed by atoms with Crippen LogP contribution in [-0.4, -0.2) is 75.3 Å². The summed E-state index contributed by atoms with van der Waals surface area (Å²) >= 11 is 0. The Bertz CT molecular complexity index is 1180. The van der Waals surface area contributed by atoms with Gasteiger partial charge in [0.2, 0.25) is 0 Å². The molecule has 0 aromatic carbocycles. The summed E-state index contributed by atoms with van der Waals surface area (Å²) in [4.78, 5) is 25.0. The maximum atomic E-state index is 12.6. The van der Waals surface area contributed by atoms with Gasteiger partial charge in [-0.1, -0.05) is 132 Å². The molecule has 0 aliphatic carbocycles. The third kappa shape index (κ3) is 41.1. The molecule has 0 aromatic rings. The molecular weight excluding hydrogens is 725 g/mol. The molecule has 0 saturated heterocycles. The fraction of sp³-hybridized carbons (Fsp3) is 0.674. The number of aliphatic hydroxyl groups is 1. The minimum absolute atomic E-state index is 0.00735. The molecule has 0 amide bonds. The highest BCUT2D eigenvalue weighted by atomic mass is 31.2. The first kappa shape index (κ1) is 53.5. The van der Waals surface area contributed by atoms with Crippen molar-refractivity contribution in [1.82, 2.24) is 0 Å². The van der Waals surface area contributed by atoms with Gasteiger partial charge in [-0.25, -0.2) is 0 Å². The largest absolute Gasteiger partial charge is 0.756 e. The second-order valence-electron chi connectivity index (χ2n) is 15.2. The van der Waals surface area contributed by atoms with Crippen LogP contribution in [0, 0.1) is 0 Å². The molecule has 0 radical (unpaired) electrons. The van der Waals surface area contributed by atoms with Crippen LogP contribution < -0.4 is 4.89 Å². The lowest BCUT2D eigenvalue weighted by molar-refractivity contribution is -0.870. The lowest BCUT2D eigenvalue weighted by Crippen LogP contribution is -2.37. The molecular formula is C46H80NO8P. The molecule has 1 N–H and O–H groups in total. The van der Waals surface area contributed by atoms with Crippen molar-refractivity contribution < 1.29 is 42.4 Å². The molecule has 0 bridgehead atoms. The zero-order valence-electron chi connectivity index (χ0n) is 35.9. The van der Waals surface area contributed by atoms with E-state index in [0.717, 1.165) is 38.5 Å². The predicted molar refractivity (Wildman–Crippen MR) is 232 cm³/mol. The van der Waals surface area contributed by atoms with Gasteiger partial charge in [-0.05, 0) is 83.1 Å². The van der Waals surface area contributed by atoms with Gasteiger partial charge in [0.05, 0.1) is 40.1 Å². The Morgan fingerprint density at radius 3 is 1.93 bits per heavy atom. The highest BCUT2D eigenvalue weighted by molar-refractivity contribution is 7.45. The Labute approximate surface area is 342 Å². The second kappa shape index (κ2) is 38.0. The maximum Gasteiger partial charge on any atom is 0.306 e. The van der Waals surface area contributed by atoms with Crippen LogP contribution in [0.4, 0.5) is 0 Å². The van der Waals surface area contributed by atoms with Crippen molar-refractivity contribution in [1.29, 1.82) is 0 Å². The lowest BCUT2D eigenvalue weighted by atomic mass is 10.1. The molecule has 9 nitrogen and oxygen atoms in total. The number of rotatable bonds is 38. The number of nitrogens with zero attached hydrogens (tertiary/aromatic N) is 1. The summed E-state index contributed by atoms with van der Waals surface area (Å²) in [6, 6.07) is 0. The van der Waals surface area contributed by atoms with Crippen LogP contribution in [0.2, 0.25) is 0 Å². The molecule has 56 heavy (non-hydrogen) atoms. The summed E-state index contributed by atoms with van der Waals surface area (Å²) in [6.07, 6.45) is 47.5. The fourth-order valence-corrected chi connectivity index (χ4v) is 5.94. The summed E-state index contributed by atoms with van der Waals surface area (Å²) < 4.78 is 34.2. The average molecular weight is 806 g/mol. The third-order valence-corrected chi connectivity index (χ3v) is 9.53. The number of aliphatic hydroxyl groups excluding tert-OH is 1. The van der Waals surface area contributed by atoms with E-state index >= 15 is 0 Å². The molecule has 322 valence electrons. The average Bonchev–Trinajstić information content (AvgIpc) is 3.15. The standard InChI is InChI=1S/C46H80NO8P/c1-6-8-10-11-12-13-14-15-16-17-20-23-26-29-32-35-40-52-42-45(43-54-56(50,51)53-41-39-47(3,4)5)55-46(49)38-34-31-28-25-22-19-18-21-24-27-30-33-37-44(48)36-9-7-2/h9,13-14,18-19,24-25,27-28,30,33,35-36,40,44-45,48H,6-8,10-12,15-17,20-23,26,29,31-32,34,37-39,41-43H2,1-5H3/b14-13-,19-18-,27-24-,28-25-,33-30+,36-9-,40-35+/t44?,45-/m1/s1. The molecule has 0 heterocycles. The SMILES string of the molecule is CC/C=C\C(O)C/C=C/C=C\C/C=C\C/C=C\CCCC(=O)O[C@H](CO/C=C/CCCCCCCC/C=C\CCCCCC)COP(=O)([O-])OCC[N+](C)(C)C. The number of carbonyl (C=O) groups excluding carboxylic acids is 1. The number of ether oxygens (including phenoxy) is 2. The van der Waals surface area contributed by atoms with Crippen molar-refractivity contribution in [2.75, 3.05) is 47.5 Å². The maximum absolute atomic E-state index is 12.6. The molecule has 0 aromatic heterocycles. The van der Waals surface area contributed by atoms with Crippen molar-refractivity contribution in [2.45, 2.75) is 154 Å². The quantitative estimate of drug-likeness (QED) is 0.0125. The van der Waals surface area contributed by atoms with E-state index in [2.05, 4.69) is 43.4 Å². The van der Waals surface area contributed by atoms with Crippen LogP contribution in [0.5, 0.6) is 0 Å². The number of quaternary nitrogens is 1. The first-order valence-electron chi connectivity index (χ1n) is 21.5. The highest BCUT2D eigenvalue weighted by Crippen LogP contribution is 2.38. The van der Waals surface area contributed by atoms with Crippen LogP contribution in [0.3, 0.4) is 0 Å². The van der Waals surface area contributed by atoms with E-state index in [1.165, 1.54) is 70.6 Å². The predicted octanol–water partition coefficient (Wildman–Crippen LogP) is 11.2. The molecule has 0 fully saturated rings. The number of unbranched alkanes of at least 4 members (excludes halogenated alkanes) is 12. The van der Waals surface area contributed by atoms with Crippen molar-refractivity contribution in [3.8, 4) is 0 Å². The number of phosphoric ester groups is 1. The number of phosphoric acid groups is 1. The highest BCUT2D eigenvalue weighted by Gasteiger charge is 2.20. The van der Waals surface area contributed by atoms with E-state index in [1.807, 2.05) is 70.6 Å². The van der Waals surface area contributed by atoms with Crippen LogP contribution in [-0.2, 0) is 27.9 Å². The number of likely N-dealkylation sites (N-methyl/N-ethyl adjacent to an activating group) is 1. The number of hydrogen-bond acceptors (Lipinski definition) is 8. The van der Waals surface area contributed by atoms with E-state index in [-0.39, 0.29) is 26.2 Å². The Morgan fingerprint density at radius 2 is 1.27 bits per heavy atom. The fourth-order valence-electron chi connectivity index (χ4n) is 5.21. The Kier molecular flexibility index (Phi) is 36.3. The van der Waals surface area contributed by atoms with Crippen molar-refractivity contribution in [2.24, 2.45) is 0 Å². The molecule has 0 aliphatic heterocycles. The summed E-state index contributed by atoms with van der Waals surface area (Å²) in [5.41, 5.74) is 0. The van der Waals surface area contributed by atoms with E-state index in [9.17, 15) is 19.4 Å². The summed E-state index contributed by atoms with van der Waals surface area (Å²) in [5, 5.41) is 9.77. The van der Waals surface area contributed by atoms with Gasteiger partial charge < -0.3 is 33.0 Å². The first-order valence-corrected chi connectivity index (χ1v) is 22.9. The normalized spacial score (nSPS) is 15.1. The lowest BCUT2D eigenvalue weighted by Gasteiger charge is -2.28. The van der Waals surface area contributed by atoms with E-state index in [1.54, 1.807) is 6.26 Å². The minimum atomic E-state index is -4.57. The van der Waals surface area contributed by atoms with Crippen LogP contribution in [0.1, 0.15) is 142 Å². The van der Waals surface area contributed by atoms with Crippen LogP contribution >= 0.6 is 7.82 Å². The van der Waals surface area contributed by atoms with Gasteiger partial charge in [0.15, 0.2) is 6.10 Å². The Balaban J connectivity index is 4.47. The molecule has 0 rings (SSSR count).